The van der Waals surface area contributed by atoms with Gasteiger partial charge in [-0.2, -0.15) is 0 Å². The van der Waals surface area contributed by atoms with Gasteiger partial charge in [0.05, 0.1) is 7.11 Å². The standard InChI is InChI=1S/C28H30ClFN2O2/c1-34-28(33)32(19-22-6-10-25(29)11-7-22)20-24-4-2-3-5-27(24)23-14-16-31(17-15-23)18-21-8-12-26(30)13-9-21/h2-13,23H,14-20H2,1H3. The van der Waals surface area contributed by atoms with E-state index in [0.29, 0.717) is 24.0 Å². The highest BCUT2D eigenvalue weighted by molar-refractivity contribution is 6.30. The summed E-state index contributed by atoms with van der Waals surface area (Å²) in [6, 6.07) is 22.7. The topological polar surface area (TPSA) is 32.8 Å². The minimum absolute atomic E-state index is 0.198. The zero-order chi connectivity index (χ0) is 23.9. The van der Waals surface area contributed by atoms with Gasteiger partial charge in [-0.15, -0.1) is 0 Å². The molecule has 0 bridgehead atoms. The van der Waals surface area contributed by atoms with Crippen molar-refractivity contribution >= 4 is 17.7 Å². The molecule has 1 aliphatic heterocycles. The third kappa shape index (κ3) is 6.37. The van der Waals surface area contributed by atoms with Crippen molar-refractivity contribution in [3.05, 3.63) is 106 Å². The molecule has 0 aromatic heterocycles. The van der Waals surface area contributed by atoms with Gasteiger partial charge in [0.25, 0.3) is 0 Å². The van der Waals surface area contributed by atoms with Crippen LogP contribution in [0.25, 0.3) is 0 Å². The normalized spacial score (nSPS) is 14.7. The summed E-state index contributed by atoms with van der Waals surface area (Å²) in [7, 11) is 1.42. The molecule has 6 heteroatoms. The van der Waals surface area contributed by atoms with E-state index in [4.69, 9.17) is 16.3 Å². The van der Waals surface area contributed by atoms with Crippen LogP contribution in [0.15, 0.2) is 72.8 Å². The number of piperidine rings is 1. The van der Waals surface area contributed by atoms with Gasteiger partial charge in [0.1, 0.15) is 5.82 Å². The smallest absolute Gasteiger partial charge is 0.410 e. The summed E-state index contributed by atoms with van der Waals surface area (Å²) in [6.07, 6.45) is 1.75. The molecule has 0 radical (unpaired) electrons. The highest BCUT2D eigenvalue weighted by Gasteiger charge is 2.24. The first-order valence-corrected chi connectivity index (χ1v) is 12.0. The van der Waals surface area contributed by atoms with Gasteiger partial charge in [-0.3, -0.25) is 9.80 Å². The van der Waals surface area contributed by atoms with Crippen LogP contribution >= 0.6 is 11.6 Å². The molecule has 34 heavy (non-hydrogen) atoms. The Morgan fingerprint density at radius 2 is 1.62 bits per heavy atom. The number of hydrogen-bond acceptors (Lipinski definition) is 3. The minimum Gasteiger partial charge on any atom is -0.453 e. The average molecular weight is 481 g/mol. The van der Waals surface area contributed by atoms with Crippen molar-refractivity contribution in [2.75, 3.05) is 20.2 Å². The van der Waals surface area contributed by atoms with Crippen molar-refractivity contribution in [1.29, 1.82) is 0 Å². The molecule has 1 saturated heterocycles. The summed E-state index contributed by atoms with van der Waals surface area (Å²) in [4.78, 5) is 16.7. The zero-order valence-electron chi connectivity index (χ0n) is 19.4. The molecule has 1 aliphatic rings. The Balaban J connectivity index is 1.42. The van der Waals surface area contributed by atoms with Gasteiger partial charge in [-0.1, -0.05) is 60.1 Å². The second kappa shape index (κ2) is 11.5. The highest BCUT2D eigenvalue weighted by Crippen LogP contribution is 2.32. The van der Waals surface area contributed by atoms with E-state index in [2.05, 4.69) is 23.1 Å². The molecule has 0 atom stereocenters. The Labute approximate surface area is 205 Å². The van der Waals surface area contributed by atoms with Crippen LogP contribution in [0.2, 0.25) is 5.02 Å². The minimum atomic E-state index is -0.348. The summed E-state index contributed by atoms with van der Waals surface area (Å²) >= 11 is 6.01. The van der Waals surface area contributed by atoms with E-state index in [1.54, 1.807) is 4.90 Å². The number of halogens is 2. The average Bonchev–Trinajstić information content (AvgIpc) is 2.87. The van der Waals surface area contributed by atoms with Crippen LogP contribution in [-0.4, -0.2) is 36.1 Å². The van der Waals surface area contributed by atoms with E-state index >= 15 is 0 Å². The lowest BCUT2D eigenvalue weighted by Crippen LogP contribution is -2.33. The molecule has 0 N–H and O–H groups in total. The number of hydrogen-bond donors (Lipinski definition) is 0. The van der Waals surface area contributed by atoms with E-state index in [1.807, 2.05) is 42.5 Å². The Hall–Kier alpha value is -2.89. The summed E-state index contributed by atoms with van der Waals surface area (Å²) in [5.74, 6) is 0.242. The fourth-order valence-electron chi connectivity index (χ4n) is 4.66. The van der Waals surface area contributed by atoms with Gasteiger partial charge in [0, 0.05) is 24.7 Å². The Morgan fingerprint density at radius 3 is 2.29 bits per heavy atom. The van der Waals surface area contributed by atoms with Crippen molar-refractivity contribution in [2.45, 2.75) is 38.4 Å². The number of rotatable bonds is 7. The molecule has 4 nitrogen and oxygen atoms in total. The van der Waals surface area contributed by atoms with Crippen LogP contribution < -0.4 is 0 Å². The molecule has 0 saturated carbocycles. The number of carbonyl (C=O) groups is 1. The molecule has 0 unspecified atom stereocenters. The van der Waals surface area contributed by atoms with Crippen LogP contribution in [0.4, 0.5) is 9.18 Å². The number of ether oxygens (including phenoxy) is 1. The van der Waals surface area contributed by atoms with Gasteiger partial charge in [0.15, 0.2) is 0 Å². The molecule has 1 heterocycles. The fourth-order valence-corrected chi connectivity index (χ4v) is 4.78. The van der Waals surface area contributed by atoms with Gasteiger partial charge in [0.2, 0.25) is 0 Å². The lowest BCUT2D eigenvalue weighted by Gasteiger charge is -2.33. The van der Waals surface area contributed by atoms with Crippen molar-refractivity contribution in [2.24, 2.45) is 0 Å². The molecular weight excluding hydrogens is 451 g/mol. The maximum absolute atomic E-state index is 13.2. The highest BCUT2D eigenvalue weighted by atomic mass is 35.5. The number of likely N-dealkylation sites (tertiary alicyclic amines) is 1. The summed E-state index contributed by atoms with van der Waals surface area (Å²) < 4.78 is 18.3. The maximum atomic E-state index is 13.2. The summed E-state index contributed by atoms with van der Waals surface area (Å²) in [6.45, 7) is 3.76. The number of methoxy groups -OCH3 is 1. The van der Waals surface area contributed by atoms with E-state index in [0.717, 1.165) is 49.2 Å². The molecule has 178 valence electrons. The Bertz CT molecular complexity index is 1080. The van der Waals surface area contributed by atoms with E-state index in [-0.39, 0.29) is 11.9 Å². The van der Waals surface area contributed by atoms with Crippen molar-refractivity contribution < 1.29 is 13.9 Å². The van der Waals surface area contributed by atoms with E-state index < -0.39 is 0 Å². The summed E-state index contributed by atoms with van der Waals surface area (Å²) in [5, 5.41) is 0.671. The molecule has 0 aliphatic carbocycles. The van der Waals surface area contributed by atoms with Gasteiger partial charge in [-0.25, -0.2) is 9.18 Å². The predicted molar refractivity (Wildman–Crippen MR) is 133 cm³/mol. The first kappa shape index (κ1) is 24.2. The third-order valence-electron chi connectivity index (χ3n) is 6.48. The monoisotopic (exact) mass is 480 g/mol. The first-order valence-electron chi connectivity index (χ1n) is 11.6. The van der Waals surface area contributed by atoms with Crippen LogP contribution in [0, 0.1) is 5.82 Å². The number of amides is 1. The number of benzene rings is 3. The molecule has 3 aromatic rings. The Morgan fingerprint density at radius 1 is 0.971 bits per heavy atom. The second-order valence-corrected chi connectivity index (χ2v) is 9.26. The largest absolute Gasteiger partial charge is 0.453 e. The predicted octanol–water partition coefficient (Wildman–Crippen LogP) is 6.63. The molecule has 1 fully saturated rings. The van der Waals surface area contributed by atoms with Crippen molar-refractivity contribution in [3.63, 3.8) is 0 Å². The van der Waals surface area contributed by atoms with Crippen LogP contribution in [-0.2, 0) is 24.4 Å². The van der Waals surface area contributed by atoms with Gasteiger partial charge >= 0.3 is 6.09 Å². The SMILES string of the molecule is COC(=O)N(Cc1ccc(Cl)cc1)Cc1ccccc1C1CCN(Cc2ccc(F)cc2)CC1. The van der Waals surface area contributed by atoms with Gasteiger partial charge < -0.3 is 4.74 Å². The van der Waals surface area contributed by atoms with Crippen LogP contribution in [0.5, 0.6) is 0 Å². The van der Waals surface area contributed by atoms with E-state index in [9.17, 15) is 9.18 Å². The molecule has 0 spiro atoms. The number of carbonyl (C=O) groups excluding carboxylic acids is 1. The first-order chi connectivity index (χ1) is 16.5. The molecule has 1 amide bonds. The molecule has 4 rings (SSSR count). The zero-order valence-corrected chi connectivity index (χ0v) is 20.2. The fraction of sp³-hybridized carbons (Fsp3) is 0.321. The second-order valence-electron chi connectivity index (χ2n) is 8.83. The van der Waals surface area contributed by atoms with Gasteiger partial charge in [-0.05, 0) is 78.4 Å². The lowest BCUT2D eigenvalue weighted by atomic mass is 9.86. The van der Waals surface area contributed by atoms with E-state index in [1.165, 1.54) is 24.8 Å². The van der Waals surface area contributed by atoms with Crippen LogP contribution in [0.1, 0.15) is 41.0 Å². The quantitative estimate of drug-likeness (QED) is 0.380. The number of nitrogens with zero attached hydrogens (tertiary/aromatic N) is 2. The van der Waals surface area contributed by atoms with Crippen molar-refractivity contribution in [1.82, 2.24) is 9.80 Å². The lowest BCUT2D eigenvalue weighted by molar-refractivity contribution is 0.117. The van der Waals surface area contributed by atoms with Crippen LogP contribution in [0.3, 0.4) is 0 Å². The molecular formula is C28H30ClFN2O2. The maximum Gasteiger partial charge on any atom is 0.410 e. The third-order valence-corrected chi connectivity index (χ3v) is 6.73. The Kier molecular flexibility index (Phi) is 8.20. The summed E-state index contributed by atoms with van der Waals surface area (Å²) in [5.41, 5.74) is 4.59. The molecule has 3 aromatic carbocycles. The van der Waals surface area contributed by atoms with Crippen molar-refractivity contribution in [3.8, 4) is 0 Å².